The van der Waals surface area contributed by atoms with Crippen LogP contribution in [-0.2, 0) is 16.1 Å². The van der Waals surface area contributed by atoms with Crippen molar-refractivity contribution in [1.29, 1.82) is 0 Å². The first-order valence-electron chi connectivity index (χ1n) is 7.82. The molecule has 0 bridgehead atoms. The molecule has 0 fully saturated rings. The molecule has 2 amide bonds. The van der Waals surface area contributed by atoms with Crippen molar-refractivity contribution in [3.8, 4) is 0 Å². The molecule has 22 heavy (non-hydrogen) atoms. The lowest BCUT2D eigenvalue weighted by Gasteiger charge is -2.28. The van der Waals surface area contributed by atoms with E-state index >= 15 is 0 Å². The smallest absolute Gasteiger partial charge is 0.242 e. The van der Waals surface area contributed by atoms with E-state index in [-0.39, 0.29) is 18.4 Å². The third-order valence-electron chi connectivity index (χ3n) is 3.46. The summed E-state index contributed by atoms with van der Waals surface area (Å²) >= 11 is 0. The number of aliphatic hydroxyl groups is 1. The maximum absolute atomic E-state index is 12.3. The van der Waals surface area contributed by atoms with E-state index in [2.05, 4.69) is 5.32 Å². The first kappa shape index (κ1) is 18.2. The van der Waals surface area contributed by atoms with Gasteiger partial charge in [-0.05, 0) is 25.3 Å². The minimum absolute atomic E-state index is 0.0174. The maximum Gasteiger partial charge on any atom is 0.242 e. The molecule has 0 aromatic heterocycles. The lowest BCUT2D eigenvalue weighted by atomic mass is 10.1. The summed E-state index contributed by atoms with van der Waals surface area (Å²) in [5.41, 5.74) is 1.00. The molecule has 0 spiro atoms. The molecule has 5 heteroatoms. The van der Waals surface area contributed by atoms with Crippen LogP contribution in [0.4, 0.5) is 0 Å². The van der Waals surface area contributed by atoms with E-state index in [0.717, 1.165) is 12.0 Å². The molecule has 1 aromatic rings. The Morgan fingerprint density at radius 1 is 1.27 bits per heavy atom. The average molecular weight is 306 g/mol. The SMILES string of the molecule is CCCC(=O)N(Cc1ccccc1)[C@@H](C)C(=O)NCCCO. The highest BCUT2D eigenvalue weighted by Gasteiger charge is 2.25. The highest BCUT2D eigenvalue weighted by atomic mass is 16.3. The van der Waals surface area contributed by atoms with E-state index in [9.17, 15) is 9.59 Å². The molecule has 0 aliphatic rings. The molecule has 1 aromatic carbocycles. The number of nitrogens with one attached hydrogen (secondary N) is 1. The summed E-state index contributed by atoms with van der Waals surface area (Å²) in [6.45, 7) is 4.57. The molecule has 0 heterocycles. The molecule has 0 unspecified atom stereocenters. The summed E-state index contributed by atoms with van der Waals surface area (Å²) in [4.78, 5) is 26.1. The van der Waals surface area contributed by atoms with E-state index in [1.165, 1.54) is 0 Å². The number of hydrogen-bond donors (Lipinski definition) is 2. The quantitative estimate of drug-likeness (QED) is 0.682. The molecule has 0 saturated heterocycles. The summed E-state index contributed by atoms with van der Waals surface area (Å²) in [6.07, 6.45) is 1.70. The zero-order valence-electron chi connectivity index (χ0n) is 13.4. The Bertz CT molecular complexity index is 462. The Hall–Kier alpha value is -1.88. The van der Waals surface area contributed by atoms with Crippen molar-refractivity contribution in [1.82, 2.24) is 10.2 Å². The van der Waals surface area contributed by atoms with Gasteiger partial charge >= 0.3 is 0 Å². The first-order valence-corrected chi connectivity index (χ1v) is 7.82. The van der Waals surface area contributed by atoms with E-state index in [4.69, 9.17) is 5.11 Å². The van der Waals surface area contributed by atoms with Gasteiger partial charge in [-0.25, -0.2) is 0 Å². The molecule has 0 saturated carbocycles. The minimum atomic E-state index is -0.530. The van der Waals surface area contributed by atoms with Crippen LogP contribution in [0.2, 0.25) is 0 Å². The Labute approximate surface area is 132 Å². The van der Waals surface area contributed by atoms with Crippen LogP contribution in [0, 0.1) is 0 Å². The molecule has 0 aliphatic carbocycles. The van der Waals surface area contributed by atoms with Gasteiger partial charge in [0.15, 0.2) is 0 Å². The van der Waals surface area contributed by atoms with Crippen molar-refractivity contribution in [3.63, 3.8) is 0 Å². The predicted octanol–water partition coefficient (Wildman–Crippen LogP) is 1.70. The van der Waals surface area contributed by atoms with Crippen LogP contribution in [0.5, 0.6) is 0 Å². The third kappa shape index (κ3) is 5.85. The van der Waals surface area contributed by atoms with Crippen LogP contribution in [0.1, 0.15) is 38.7 Å². The van der Waals surface area contributed by atoms with Crippen molar-refractivity contribution in [2.45, 2.75) is 45.7 Å². The highest BCUT2D eigenvalue weighted by molar-refractivity contribution is 5.87. The summed E-state index contributed by atoms with van der Waals surface area (Å²) in [5, 5.41) is 11.5. The van der Waals surface area contributed by atoms with Gasteiger partial charge in [-0.15, -0.1) is 0 Å². The number of nitrogens with zero attached hydrogens (tertiary/aromatic N) is 1. The second kappa shape index (κ2) is 9.95. The molecule has 2 N–H and O–H groups in total. The van der Waals surface area contributed by atoms with Crippen LogP contribution in [-0.4, -0.2) is 41.0 Å². The standard InChI is InChI=1S/C17H26N2O3/c1-3-8-16(21)19(13-15-9-5-4-6-10-15)14(2)17(22)18-11-7-12-20/h4-6,9-10,14,20H,3,7-8,11-13H2,1-2H3,(H,18,22)/t14-/m0/s1. The van der Waals surface area contributed by atoms with E-state index in [1.54, 1.807) is 11.8 Å². The fourth-order valence-electron chi connectivity index (χ4n) is 2.16. The zero-order valence-corrected chi connectivity index (χ0v) is 13.4. The number of carbonyl (C=O) groups excluding carboxylic acids is 2. The van der Waals surface area contributed by atoms with Gasteiger partial charge in [-0.1, -0.05) is 37.3 Å². The molecule has 1 atom stereocenters. The molecule has 122 valence electrons. The van der Waals surface area contributed by atoms with Crippen molar-refractivity contribution in [2.24, 2.45) is 0 Å². The van der Waals surface area contributed by atoms with Gasteiger partial charge in [0.2, 0.25) is 11.8 Å². The number of aliphatic hydroxyl groups excluding tert-OH is 1. The van der Waals surface area contributed by atoms with E-state index in [0.29, 0.717) is 25.9 Å². The van der Waals surface area contributed by atoms with Gasteiger partial charge in [0.1, 0.15) is 6.04 Å². The first-order chi connectivity index (χ1) is 10.6. The van der Waals surface area contributed by atoms with Crippen molar-refractivity contribution in [2.75, 3.05) is 13.2 Å². The normalized spacial score (nSPS) is 11.8. The summed E-state index contributed by atoms with van der Waals surface area (Å²) in [5.74, 6) is -0.204. The molecule has 1 rings (SSSR count). The van der Waals surface area contributed by atoms with Gasteiger partial charge in [0, 0.05) is 26.1 Å². The number of benzene rings is 1. The van der Waals surface area contributed by atoms with Crippen LogP contribution in [0.15, 0.2) is 30.3 Å². The monoisotopic (exact) mass is 306 g/mol. The fraction of sp³-hybridized carbons (Fsp3) is 0.529. The summed E-state index contributed by atoms with van der Waals surface area (Å²) in [6, 6.07) is 9.13. The highest BCUT2D eigenvalue weighted by Crippen LogP contribution is 2.11. The third-order valence-corrected chi connectivity index (χ3v) is 3.46. The Balaban J connectivity index is 2.76. The summed E-state index contributed by atoms with van der Waals surface area (Å²) in [7, 11) is 0. The van der Waals surface area contributed by atoms with Crippen LogP contribution in [0.3, 0.4) is 0 Å². The van der Waals surface area contributed by atoms with Gasteiger partial charge in [-0.3, -0.25) is 9.59 Å². The number of hydrogen-bond acceptors (Lipinski definition) is 3. The maximum atomic E-state index is 12.3. The van der Waals surface area contributed by atoms with Gasteiger partial charge in [0.05, 0.1) is 0 Å². The largest absolute Gasteiger partial charge is 0.396 e. The molecule has 0 aliphatic heterocycles. The molecular weight excluding hydrogens is 280 g/mol. The molecule has 0 radical (unpaired) electrons. The zero-order chi connectivity index (χ0) is 16.4. The second-order valence-corrected chi connectivity index (χ2v) is 5.30. The van der Waals surface area contributed by atoms with Crippen molar-refractivity contribution in [3.05, 3.63) is 35.9 Å². The lowest BCUT2D eigenvalue weighted by molar-refractivity contribution is -0.140. The average Bonchev–Trinajstić information content (AvgIpc) is 2.53. The van der Waals surface area contributed by atoms with Crippen molar-refractivity contribution >= 4 is 11.8 Å². The number of rotatable bonds is 9. The number of amides is 2. The van der Waals surface area contributed by atoms with Gasteiger partial charge in [0.25, 0.3) is 0 Å². The van der Waals surface area contributed by atoms with E-state index < -0.39 is 6.04 Å². The predicted molar refractivity (Wildman–Crippen MR) is 86.1 cm³/mol. The fourth-order valence-corrected chi connectivity index (χ4v) is 2.16. The number of carbonyl (C=O) groups is 2. The topological polar surface area (TPSA) is 69.6 Å². The Morgan fingerprint density at radius 3 is 2.55 bits per heavy atom. The minimum Gasteiger partial charge on any atom is -0.396 e. The summed E-state index contributed by atoms with van der Waals surface area (Å²) < 4.78 is 0. The Morgan fingerprint density at radius 2 is 1.95 bits per heavy atom. The van der Waals surface area contributed by atoms with Crippen molar-refractivity contribution < 1.29 is 14.7 Å². The van der Waals surface area contributed by atoms with E-state index in [1.807, 2.05) is 37.3 Å². The second-order valence-electron chi connectivity index (χ2n) is 5.30. The van der Waals surface area contributed by atoms with Gasteiger partial charge < -0.3 is 15.3 Å². The lowest BCUT2D eigenvalue weighted by Crippen LogP contribution is -2.47. The van der Waals surface area contributed by atoms with Gasteiger partial charge in [-0.2, -0.15) is 0 Å². The molecule has 5 nitrogen and oxygen atoms in total. The van der Waals surface area contributed by atoms with Crippen LogP contribution in [0.25, 0.3) is 0 Å². The molecular formula is C17H26N2O3. The van der Waals surface area contributed by atoms with Crippen LogP contribution >= 0.6 is 0 Å². The van der Waals surface area contributed by atoms with Crippen LogP contribution < -0.4 is 5.32 Å². The Kier molecular flexibility index (Phi) is 8.22.